The number of hydrogen-bond donors (Lipinski definition) is 1. The van der Waals surface area contributed by atoms with Gasteiger partial charge in [-0.25, -0.2) is 4.39 Å². The number of hydrogen-bond acceptors (Lipinski definition) is 5. The van der Waals surface area contributed by atoms with Crippen molar-refractivity contribution in [3.8, 4) is 5.75 Å². The normalized spacial score (nSPS) is 10.5. The van der Waals surface area contributed by atoms with Gasteiger partial charge in [0.2, 0.25) is 5.91 Å². The van der Waals surface area contributed by atoms with Crippen molar-refractivity contribution in [2.75, 3.05) is 18.9 Å². The zero-order chi connectivity index (χ0) is 21.7. The first-order valence-electron chi connectivity index (χ1n) is 9.29. The second-order valence-electron chi connectivity index (χ2n) is 6.84. The summed E-state index contributed by atoms with van der Waals surface area (Å²) in [6.45, 7) is 3.73. The number of benzene rings is 2. The summed E-state index contributed by atoms with van der Waals surface area (Å²) >= 11 is 0. The summed E-state index contributed by atoms with van der Waals surface area (Å²) in [4.78, 5) is 26.1. The average Bonchev–Trinajstić information content (AvgIpc) is 3.03. The molecular weight excluding hydrogens is 389 g/mol. The Labute approximate surface area is 173 Å². The van der Waals surface area contributed by atoms with Crippen LogP contribution < -0.4 is 10.1 Å². The summed E-state index contributed by atoms with van der Waals surface area (Å²) in [5.74, 6) is -0.0256. The minimum Gasteiger partial charge on any atom is -0.489 e. The van der Waals surface area contributed by atoms with Gasteiger partial charge in [0.1, 0.15) is 23.9 Å². The molecule has 1 heterocycles. The van der Waals surface area contributed by atoms with Gasteiger partial charge < -0.3 is 19.5 Å². The fourth-order valence-corrected chi connectivity index (χ4v) is 2.86. The number of carbonyl (C=O) groups is 2. The Morgan fingerprint density at radius 3 is 2.63 bits per heavy atom. The molecule has 0 atom stereocenters. The van der Waals surface area contributed by atoms with E-state index in [0.717, 1.165) is 11.3 Å². The first kappa shape index (κ1) is 21.0. The molecule has 2 aromatic carbocycles. The Bertz CT molecular complexity index is 1040. The molecule has 3 rings (SSSR count). The molecule has 2 amide bonds. The fourth-order valence-electron chi connectivity index (χ4n) is 2.86. The van der Waals surface area contributed by atoms with E-state index in [4.69, 9.17) is 9.26 Å². The molecule has 0 spiro atoms. The number of aryl methyl sites for hydroxylation is 2. The topological polar surface area (TPSA) is 84.7 Å². The highest BCUT2D eigenvalue weighted by molar-refractivity contribution is 5.99. The Hall–Kier alpha value is -3.68. The highest BCUT2D eigenvalue weighted by Gasteiger charge is 2.16. The molecule has 1 aromatic heterocycles. The van der Waals surface area contributed by atoms with Crippen molar-refractivity contribution in [1.29, 1.82) is 0 Å². The SMILES string of the molecule is Cc1noc(C)c1COc1cccc(C(=O)N(C)CC(=O)Nc2cccc(F)c2)c1. The van der Waals surface area contributed by atoms with Gasteiger partial charge in [0.05, 0.1) is 17.8 Å². The van der Waals surface area contributed by atoms with E-state index in [0.29, 0.717) is 22.8 Å². The molecule has 0 fully saturated rings. The van der Waals surface area contributed by atoms with Crippen molar-refractivity contribution >= 4 is 17.5 Å². The predicted molar refractivity (Wildman–Crippen MR) is 109 cm³/mol. The van der Waals surface area contributed by atoms with E-state index in [1.54, 1.807) is 30.3 Å². The molecule has 0 unspecified atom stereocenters. The molecule has 0 radical (unpaired) electrons. The molecule has 0 aliphatic heterocycles. The van der Waals surface area contributed by atoms with E-state index < -0.39 is 11.7 Å². The number of anilines is 1. The van der Waals surface area contributed by atoms with E-state index in [2.05, 4.69) is 10.5 Å². The predicted octanol–water partition coefficient (Wildman–Crippen LogP) is 3.72. The van der Waals surface area contributed by atoms with Gasteiger partial charge >= 0.3 is 0 Å². The molecule has 0 bridgehead atoms. The van der Waals surface area contributed by atoms with Crippen LogP contribution in [0.5, 0.6) is 5.75 Å². The van der Waals surface area contributed by atoms with Crippen LogP contribution in [0.1, 0.15) is 27.4 Å². The zero-order valence-corrected chi connectivity index (χ0v) is 16.9. The van der Waals surface area contributed by atoms with Crippen molar-refractivity contribution < 1.29 is 23.2 Å². The first-order valence-corrected chi connectivity index (χ1v) is 9.29. The summed E-state index contributed by atoms with van der Waals surface area (Å²) in [7, 11) is 1.52. The molecule has 30 heavy (non-hydrogen) atoms. The van der Waals surface area contributed by atoms with E-state index in [9.17, 15) is 14.0 Å². The Balaban J connectivity index is 1.60. The molecular formula is C22H22FN3O4. The van der Waals surface area contributed by atoms with Gasteiger partial charge in [-0.2, -0.15) is 0 Å². The van der Waals surface area contributed by atoms with E-state index >= 15 is 0 Å². The number of ether oxygens (including phenoxy) is 1. The van der Waals surface area contributed by atoms with Gasteiger partial charge in [-0.1, -0.05) is 17.3 Å². The van der Waals surface area contributed by atoms with Gasteiger partial charge in [-0.15, -0.1) is 0 Å². The van der Waals surface area contributed by atoms with Gasteiger partial charge in [-0.3, -0.25) is 9.59 Å². The lowest BCUT2D eigenvalue weighted by Crippen LogP contribution is -2.34. The summed E-state index contributed by atoms with van der Waals surface area (Å²) in [6, 6.07) is 12.3. The number of carbonyl (C=O) groups excluding carboxylic acids is 2. The number of nitrogens with zero attached hydrogens (tertiary/aromatic N) is 2. The molecule has 1 N–H and O–H groups in total. The van der Waals surface area contributed by atoms with Gasteiger partial charge in [0.15, 0.2) is 0 Å². The lowest BCUT2D eigenvalue weighted by molar-refractivity contribution is -0.116. The minimum atomic E-state index is -0.453. The van der Waals surface area contributed by atoms with E-state index in [1.165, 1.54) is 30.1 Å². The number of rotatable bonds is 7. The van der Waals surface area contributed by atoms with Crippen LogP contribution in [-0.2, 0) is 11.4 Å². The molecule has 7 nitrogen and oxygen atoms in total. The second-order valence-corrected chi connectivity index (χ2v) is 6.84. The van der Waals surface area contributed by atoms with Crippen LogP contribution in [0, 0.1) is 19.7 Å². The molecule has 3 aromatic rings. The van der Waals surface area contributed by atoms with Crippen LogP contribution >= 0.6 is 0 Å². The summed E-state index contributed by atoms with van der Waals surface area (Å²) in [5.41, 5.74) is 2.32. The number of halogens is 1. The van der Waals surface area contributed by atoms with Crippen molar-refractivity contribution in [2.24, 2.45) is 0 Å². The lowest BCUT2D eigenvalue weighted by atomic mass is 10.2. The Kier molecular flexibility index (Phi) is 6.46. The van der Waals surface area contributed by atoms with Crippen LogP contribution in [-0.4, -0.2) is 35.5 Å². The Morgan fingerprint density at radius 2 is 1.93 bits per heavy atom. The maximum Gasteiger partial charge on any atom is 0.254 e. The van der Waals surface area contributed by atoms with Crippen LogP contribution in [0.2, 0.25) is 0 Å². The number of aromatic nitrogens is 1. The van der Waals surface area contributed by atoms with E-state index in [1.807, 2.05) is 13.8 Å². The average molecular weight is 411 g/mol. The van der Waals surface area contributed by atoms with Gasteiger partial charge in [-0.05, 0) is 50.2 Å². The van der Waals surface area contributed by atoms with Crippen molar-refractivity contribution in [3.63, 3.8) is 0 Å². The largest absolute Gasteiger partial charge is 0.489 e. The lowest BCUT2D eigenvalue weighted by Gasteiger charge is -2.17. The van der Waals surface area contributed by atoms with Crippen molar-refractivity contribution in [2.45, 2.75) is 20.5 Å². The Morgan fingerprint density at radius 1 is 1.17 bits per heavy atom. The summed E-state index contributed by atoms with van der Waals surface area (Å²) in [6.07, 6.45) is 0. The third kappa shape index (κ3) is 5.22. The smallest absolute Gasteiger partial charge is 0.254 e. The first-order chi connectivity index (χ1) is 14.3. The highest BCUT2D eigenvalue weighted by atomic mass is 19.1. The fraction of sp³-hybridized carbons (Fsp3) is 0.227. The highest BCUT2D eigenvalue weighted by Crippen LogP contribution is 2.19. The molecule has 0 saturated carbocycles. The van der Waals surface area contributed by atoms with Gasteiger partial charge in [0.25, 0.3) is 5.91 Å². The van der Waals surface area contributed by atoms with E-state index in [-0.39, 0.29) is 19.1 Å². The number of likely N-dealkylation sites (N-methyl/N-ethyl adjacent to an activating group) is 1. The van der Waals surface area contributed by atoms with Crippen LogP contribution in [0.3, 0.4) is 0 Å². The van der Waals surface area contributed by atoms with Gasteiger partial charge in [0, 0.05) is 18.3 Å². The monoisotopic (exact) mass is 411 g/mol. The molecule has 0 aliphatic rings. The molecule has 8 heteroatoms. The molecule has 0 aliphatic carbocycles. The summed E-state index contributed by atoms with van der Waals surface area (Å²) < 4.78 is 24.1. The van der Waals surface area contributed by atoms with Crippen molar-refractivity contribution in [1.82, 2.24) is 10.1 Å². The number of amides is 2. The third-order valence-electron chi connectivity index (χ3n) is 4.48. The third-order valence-corrected chi connectivity index (χ3v) is 4.48. The maximum absolute atomic E-state index is 13.2. The second kappa shape index (κ2) is 9.21. The zero-order valence-electron chi connectivity index (χ0n) is 16.9. The molecule has 0 saturated heterocycles. The van der Waals surface area contributed by atoms with Crippen LogP contribution in [0.4, 0.5) is 10.1 Å². The van der Waals surface area contributed by atoms with Crippen molar-refractivity contribution in [3.05, 3.63) is 76.9 Å². The van der Waals surface area contributed by atoms with Crippen LogP contribution in [0.25, 0.3) is 0 Å². The summed E-state index contributed by atoms with van der Waals surface area (Å²) in [5, 5.41) is 6.45. The maximum atomic E-state index is 13.2. The van der Waals surface area contributed by atoms with Crippen LogP contribution in [0.15, 0.2) is 53.1 Å². The molecule has 156 valence electrons. The number of nitrogens with one attached hydrogen (secondary N) is 1. The quantitative estimate of drug-likeness (QED) is 0.641. The minimum absolute atomic E-state index is 0.181. The standard InChI is InChI=1S/C22H22FN3O4/c1-14-20(15(2)30-25-14)13-29-19-9-4-6-16(10-19)22(28)26(3)12-21(27)24-18-8-5-7-17(23)11-18/h4-11H,12-13H2,1-3H3,(H,24,27).